The molecule has 0 atom stereocenters. The summed E-state index contributed by atoms with van der Waals surface area (Å²) in [5.74, 6) is 0.448. The molecule has 0 unspecified atom stereocenters. The molecule has 2 heteroatoms. The Morgan fingerprint density at radius 2 is 1.53 bits per heavy atom. The average Bonchev–Trinajstić information content (AvgIpc) is 3.15. The zero-order chi connectivity index (χ0) is 20.8. The molecule has 5 aromatic rings. The largest absolute Gasteiger partial charge is 0.455 e. The van der Waals surface area contributed by atoms with E-state index in [-0.39, 0.29) is 0 Å². The summed E-state index contributed by atoms with van der Waals surface area (Å²) in [7, 11) is 0. The van der Waals surface area contributed by atoms with E-state index >= 15 is 0 Å². The lowest BCUT2D eigenvalue weighted by atomic mass is 9.93. The zero-order valence-electron chi connectivity index (χ0n) is 17.9. The minimum atomic E-state index is 0.448. The van der Waals surface area contributed by atoms with E-state index in [0.29, 0.717) is 5.92 Å². The zero-order valence-corrected chi connectivity index (χ0v) is 17.9. The van der Waals surface area contributed by atoms with Crippen LogP contribution in [0.4, 0.5) is 0 Å². The highest BCUT2D eigenvalue weighted by Gasteiger charge is 2.19. The highest BCUT2D eigenvalue weighted by Crippen LogP contribution is 2.42. The fourth-order valence-corrected chi connectivity index (χ4v) is 4.46. The lowest BCUT2D eigenvalue weighted by Gasteiger charge is -2.13. The predicted octanol–water partition coefficient (Wildman–Crippen LogP) is 8.06. The Bertz CT molecular complexity index is 1380. The minimum absolute atomic E-state index is 0.448. The van der Waals surface area contributed by atoms with Crippen molar-refractivity contribution >= 4 is 21.9 Å². The first-order valence-corrected chi connectivity index (χ1v) is 10.5. The summed E-state index contributed by atoms with van der Waals surface area (Å²) < 4.78 is 6.47. The molecule has 0 aliphatic heterocycles. The summed E-state index contributed by atoms with van der Waals surface area (Å²) in [6, 6.07) is 23.4. The molecule has 0 bridgehead atoms. The van der Waals surface area contributed by atoms with Gasteiger partial charge in [0.2, 0.25) is 0 Å². The molecule has 2 nitrogen and oxygen atoms in total. The average molecular weight is 392 g/mol. The van der Waals surface area contributed by atoms with Gasteiger partial charge in [0.1, 0.15) is 11.2 Å². The third-order valence-electron chi connectivity index (χ3n) is 5.98. The quantitative estimate of drug-likeness (QED) is 0.311. The van der Waals surface area contributed by atoms with Gasteiger partial charge in [0.25, 0.3) is 0 Å². The second-order valence-electron chi connectivity index (χ2n) is 8.36. The van der Waals surface area contributed by atoms with Gasteiger partial charge in [-0.25, -0.2) is 0 Å². The van der Waals surface area contributed by atoms with Gasteiger partial charge in [0.15, 0.2) is 0 Å². The second kappa shape index (κ2) is 7.14. The summed E-state index contributed by atoms with van der Waals surface area (Å²) in [6.45, 7) is 8.74. The van der Waals surface area contributed by atoms with Crippen molar-refractivity contribution < 1.29 is 4.42 Å². The van der Waals surface area contributed by atoms with Crippen LogP contribution in [0.3, 0.4) is 0 Å². The van der Waals surface area contributed by atoms with Gasteiger partial charge < -0.3 is 4.42 Å². The maximum Gasteiger partial charge on any atom is 0.145 e. The Morgan fingerprint density at radius 3 is 2.30 bits per heavy atom. The predicted molar refractivity (Wildman–Crippen MR) is 126 cm³/mol. The first-order chi connectivity index (χ1) is 14.5. The highest BCUT2D eigenvalue weighted by molar-refractivity contribution is 6.17. The summed E-state index contributed by atoms with van der Waals surface area (Å²) >= 11 is 0. The van der Waals surface area contributed by atoms with Gasteiger partial charge in [0, 0.05) is 22.5 Å². The molecular weight excluding hydrogens is 366 g/mol. The maximum atomic E-state index is 6.47. The maximum absolute atomic E-state index is 6.47. The molecule has 0 amide bonds. The number of fused-ring (bicyclic) bond motifs is 3. The number of furan rings is 1. The van der Waals surface area contributed by atoms with Crippen molar-refractivity contribution in [1.29, 1.82) is 0 Å². The Balaban J connectivity index is 1.88. The Morgan fingerprint density at radius 1 is 0.767 bits per heavy atom. The molecule has 0 saturated carbocycles. The molecule has 0 fully saturated rings. The first kappa shape index (κ1) is 18.6. The van der Waals surface area contributed by atoms with Crippen LogP contribution in [-0.4, -0.2) is 4.98 Å². The number of rotatable bonds is 3. The minimum Gasteiger partial charge on any atom is -0.455 e. The van der Waals surface area contributed by atoms with Crippen molar-refractivity contribution in [3.63, 3.8) is 0 Å². The van der Waals surface area contributed by atoms with E-state index < -0.39 is 0 Å². The number of hydrogen-bond acceptors (Lipinski definition) is 2. The lowest BCUT2D eigenvalue weighted by molar-refractivity contribution is 0.669. The van der Waals surface area contributed by atoms with Crippen LogP contribution >= 0.6 is 0 Å². The molecule has 0 aliphatic carbocycles. The molecule has 30 heavy (non-hydrogen) atoms. The first-order valence-electron chi connectivity index (χ1n) is 10.5. The van der Waals surface area contributed by atoms with E-state index in [1.807, 2.05) is 6.20 Å². The molecular formula is C28H25NO. The highest BCUT2D eigenvalue weighted by atomic mass is 16.3. The number of hydrogen-bond donors (Lipinski definition) is 0. The van der Waals surface area contributed by atoms with Crippen molar-refractivity contribution in [3.8, 4) is 22.4 Å². The fraction of sp³-hybridized carbons (Fsp3) is 0.179. The van der Waals surface area contributed by atoms with E-state index in [1.54, 1.807) is 0 Å². The summed E-state index contributed by atoms with van der Waals surface area (Å²) in [6.07, 6.45) is 1.98. The van der Waals surface area contributed by atoms with Crippen LogP contribution in [-0.2, 0) is 0 Å². The summed E-state index contributed by atoms with van der Waals surface area (Å²) in [5, 5.41) is 2.35. The Kier molecular flexibility index (Phi) is 4.43. The third-order valence-corrected chi connectivity index (χ3v) is 5.98. The Hall–Kier alpha value is -3.39. The smallest absolute Gasteiger partial charge is 0.145 e. The Labute approximate surface area is 177 Å². The van der Waals surface area contributed by atoms with Gasteiger partial charge in [-0.2, -0.15) is 0 Å². The van der Waals surface area contributed by atoms with Crippen LogP contribution in [0, 0.1) is 13.8 Å². The van der Waals surface area contributed by atoms with Crippen LogP contribution < -0.4 is 0 Å². The second-order valence-corrected chi connectivity index (χ2v) is 8.36. The van der Waals surface area contributed by atoms with E-state index in [0.717, 1.165) is 22.4 Å². The molecule has 0 spiro atoms. The SMILES string of the molecule is Cc1cnc(-c2ccc(-c3ccccc3)c3c2oc2cccc(C)c23)cc1C(C)C. The van der Waals surface area contributed by atoms with Crippen molar-refractivity contribution in [3.05, 3.63) is 89.6 Å². The van der Waals surface area contributed by atoms with Gasteiger partial charge in [-0.05, 0) is 65.8 Å². The standard InChI is InChI=1S/C28H25NO/c1-17(2)23-15-24(29-16-19(23)4)22-14-13-21(20-10-6-5-7-11-20)27-26-18(3)9-8-12-25(26)30-28(22)27/h5-17H,1-4H3. The topological polar surface area (TPSA) is 26.0 Å². The van der Waals surface area contributed by atoms with Crippen LogP contribution in [0.5, 0.6) is 0 Å². The van der Waals surface area contributed by atoms with Gasteiger partial charge in [0.05, 0.1) is 5.69 Å². The van der Waals surface area contributed by atoms with Crippen LogP contribution in [0.2, 0.25) is 0 Å². The summed E-state index contributed by atoms with van der Waals surface area (Å²) in [4.78, 5) is 4.78. The molecule has 3 aromatic carbocycles. The number of pyridine rings is 1. The number of aromatic nitrogens is 1. The number of aryl methyl sites for hydroxylation is 2. The van der Waals surface area contributed by atoms with E-state index in [4.69, 9.17) is 9.40 Å². The third kappa shape index (κ3) is 2.91. The monoisotopic (exact) mass is 391 g/mol. The normalized spacial score (nSPS) is 11.6. The van der Waals surface area contributed by atoms with Crippen LogP contribution in [0.15, 0.2) is 77.3 Å². The molecule has 5 rings (SSSR count). The molecule has 148 valence electrons. The van der Waals surface area contributed by atoms with E-state index in [9.17, 15) is 0 Å². The van der Waals surface area contributed by atoms with E-state index in [1.165, 1.54) is 38.6 Å². The molecule has 0 saturated heterocycles. The van der Waals surface area contributed by atoms with Gasteiger partial charge in [-0.1, -0.05) is 62.4 Å². The molecule has 0 N–H and O–H groups in total. The van der Waals surface area contributed by atoms with Crippen molar-refractivity contribution in [2.75, 3.05) is 0 Å². The number of benzene rings is 3. The fourth-order valence-electron chi connectivity index (χ4n) is 4.46. The van der Waals surface area contributed by atoms with Crippen molar-refractivity contribution in [2.24, 2.45) is 0 Å². The van der Waals surface area contributed by atoms with Crippen LogP contribution in [0.1, 0.15) is 36.5 Å². The van der Waals surface area contributed by atoms with Gasteiger partial charge >= 0.3 is 0 Å². The molecule has 2 heterocycles. The van der Waals surface area contributed by atoms with Crippen LogP contribution in [0.25, 0.3) is 44.3 Å². The van der Waals surface area contributed by atoms with Crippen molar-refractivity contribution in [1.82, 2.24) is 4.98 Å². The number of nitrogens with zero attached hydrogens (tertiary/aromatic N) is 1. The van der Waals surface area contributed by atoms with Crippen molar-refractivity contribution in [2.45, 2.75) is 33.6 Å². The molecule has 2 aromatic heterocycles. The van der Waals surface area contributed by atoms with E-state index in [2.05, 4.69) is 94.4 Å². The van der Waals surface area contributed by atoms with Gasteiger partial charge in [-0.15, -0.1) is 0 Å². The van der Waals surface area contributed by atoms with Gasteiger partial charge in [-0.3, -0.25) is 4.98 Å². The lowest BCUT2D eigenvalue weighted by Crippen LogP contribution is -1.95. The summed E-state index contributed by atoms with van der Waals surface area (Å²) in [5.41, 5.74) is 10.0. The molecule has 0 radical (unpaired) electrons. The molecule has 0 aliphatic rings.